The first-order valence-corrected chi connectivity index (χ1v) is 7.50. The minimum atomic E-state index is 0.0177. The summed E-state index contributed by atoms with van der Waals surface area (Å²) in [6, 6.07) is 4.29. The Bertz CT molecular complexity index is 433. The third kappa shape index (κ3) is 3.50. The highest BCUT2D eigenvalue weighted by atomic mass is 16.5. The number of nitrogens with two attached hydrogens (primary N) is 1. The van der Waals surface area contributed by atoms with E-state index in [2.05, 4.69) is 32.9 Å². The first kappa shape index (κ1) is 14.4. The van der Waals surface area contributed by atoms with Crippen molar-refractivity contribution in [3.63, 3.8) is 0 Å². The average Bonchev–Trinajstić information content (AvgIpc) is 2.39. The van der Waals surface area contributed by atoms with E-state index in [1.807, 2.05) is 0 Å². The molecule has 0 atom stereocenters. The number of rotatable bonds is 4. The Labute approximate surface area is 117 Å². The molecule has 0 unspecified atom stereocenters. The topological polar surface area (TPSA) is 35.2 Å². The van der Waals surface area contributed by atoms with Gasteiger partial charge >= 0.3 is 0 Å². The van der Waals surface area contributed by atoms with Crippen molar-refractivity contribution in [2.45, 2.75) is 64.8 Å². The number of aryl methyl sites for hydroxylation is 2. The molecule has 0 radical (unpaired) electrons. The lowest BCUT2D eigenvalue weighted by Crippen LogP contribution is -2.42. The van der Waals surface area contributed by atoms with Gasteiger partial charge in [0, 0.05) is 5.54 Å². The Morgan fingerprint density at radius 1 is 1.05 bits per heavy atom. The molecule has 1 aromatic rings. The summed E-state index contributed by atoms with van der Waals surface area (Å²) >= 11 is 0. The molecule has 19 heavy (non-hydrogen) atoms. The molecule has 1 aromatic carbocycles. The summed E-state index contributed by atoms with van der Waals surface area (Å²) in [5.74, 6) is 1.06. The smallest absolute Gasteiger partial charge is 0.125 e. The molecule has 0 aromatic heterocycles. The quantitative estimate of drug-likeness (QED) is 0.887. The van der Waals surface area contributed by atoms with Crippen LogP contribution in [0.3, 0.4) is 0 Å². The van der Waals surface area contributed by atoms with E-state index in [-0.39, 0.29) is 5.54 Å². The lowest BCUT2D eigenvalue weighted by molar-refractivity contribution is 0.213. The third-order valence-corrected chi connectivity index (χ3v) is 4.57. The van der Waals surface area contributed by atoms with E-state index in [0.717, 1.165) is 31.6 Å². The molecule has 2 nitrogen and oxygen atoms in total. The van der Waals surface area contributed by atoms with Gasteiger partial charge in [0.05, 0.1) is 6.61 Å². The van der Waals surface area contributed by atoms with Crippen molar-refractivity contribution >= 4 is 0 Å². The zero-order valence-electron chi connectivity index (χ0n) is 12.6. The summed E-state index contributed by atoms with van der Waals surface area (Å²) in [6.07, 6.45) is 7.18. The summed E-state index contributed by atoms with van der Waals surface area (Å²) < 4.78 is 6.04. The minimum absolute atomic E-state index is 0.0177. The maximum atomic E-state index is 6.45. The Hall–Kier alpha value is -1.02. The van der Waals surface area contributed by atoms with Gasteiger partial charge in [-0.05, 0) is 56.7 Å². The molecule has 106 valence electrons. The molecule has 0 saturated heterocycles. The lowest BCUT2D eigenvalue weighted by Gasteiger charge is -2.33. The number of ether oxygens (including phenoxy) is 1. The van der Waals surface area contributed by atoms with Gasteiger partial charge in [0.1, 0.15) is 5.75 Å². The van der Waals surface area contributed by atoms with Gasteiger partial charge in [-0.25, -0.2) is 0 Å². The molecule has 0 bridgehead atoms. The Balaban J connectivity index is 1.94. The summed E-state index contributed by atoms with van der Waals surface area (Å²) in [6.45, 7) is 7.12. The normalized spacial score (nSPS) is 18.3. The van der Waals surface area contributed by atoms with Gasteiger partial charge in [0.2, 0.25) is 0 Å². The highest BCUT2D eigenvalue weighted by Gasteiger charge is 2.27. The van der Waals surface area contributed by atoms with Crippen LogP contribution in [0.25, 0.3) is 0 Å². The standard InChI is InChI=1S/C17H27NO/c1-13-7-8-14(2)16(15(13)3)19-12-11-17(18)9-5-4-6-10-17/h7-8H,4-6,9-12,18H2,1-3H3. The summed E-state index contributed by atoms with van der Waals surface area (Å²) in [5, 5.41) is 0. The Kier molecular flexibility index (Phi) is 4.51. The third-order valence-electron chi connectivity index (χ3n) is 4.57. The zero-order chi connectivity index (χ0) is 13.9. The van der Waals surface area contributed by atoms with Crippen molar-refractivity contribution in [2.24, 2.45) is 5.73 Å². The van der Waals surface area contributed by atoms with Crippen molar-refractivity contribution in [3.8, 4) is 5.75 Å². The van der Waals surface area contributed by atoms with Crippen LogP contribution in [0.15, 0.2) is 12.1 Å². The van der Waals surface area contributed by atoms with Gasteiger partial charge in [-0.1, -0.05) is 31.4 Å². The fraction of sp³-hybridized carbons (Fsp3) is 0.647. The van der Waals surface area contributed by atoms with Gasteiger partial charge in [-0.15, -0.1) is 0 Å². The van der Waals surface area contributed by atoms with Crippen LogP contribution in [0, 0.1) is 20.8 Å². The van der Waals surface area contributed by atoms with E-state index in [9.17, 15) is 0 Å². The van der Waals surface area contributed by atoms with Gasteiger partial charge in [0.25, 0.3) is 0 Å². The molecule has 1 aliphatic rings. The van der Waals surface area contributed by atoms with Crippen LogP contribution in [0.5, 0.6) is 5.75 Å². The van der Waals surface area contributed by atoms with Crippen molar-refractivity contribution in [1.29, 1.82) is 0 Å². The van der Waals surface area contributed by atoms with Crippen LogP contribution in [0.1, 0.15) is 55.2 Å². The number of benzene rings is 1. The number of hydrogen-bond acceptors (Lipinski definition) is 2. The molecule has 0 heterocycles. The van der Waals surface area contributed by atoms with Gasteiger partial charge in [-0.3, -0.25) is 0 Å². The molecule has 2 N–H and O–H groups in total. The zero-order valence-corrected chi connectivity index (χ0v) is 12.6. The van der Waals surface area contributed by atoms with Crippen molar-refractivity contribution in [3.05, 3.63) is 28.8 Å². The highest BCUT2D eigenvalue weighted by Crippen LogP contribution is 2.30. The molecule has 2 rings (SSSR count). The molecule has 1 fully saturated rings. The first-order chi connectivity index (χ1) is 9.02. The molecular formula is C17H27NO. The molecule has 1 saturated carbocycles. The lowest BCUT2D eigenvalue weighted by atomic mass is 9.80. The molecule has 0 amide bonds. The molecule has 0 spiro atoms. The van der Waals surface area contributed by atoms with Crippen molar-refractivity contribution in [2.75, 3.05) is 6.61 Å². The van der Waals surface area contributed by atoms with Gasteiger partial charge in [0.15, 0.2) is 0 Å². The van der Waals surface area contributed by atoms with E-state index in [0.29, 0.717) is 0 Å². The molecule has 2 heteroatoms. The second-order valence-corrected chi connectivity index (χ2v) is 6.17. The van der Waals surface area contributed by atoms with E-state index in [1.54, 1.807) is 0 Å². The van der Waals surface area contributed by atoms with Gasteiger partial charge in [-0.2, -0.15) is 0 Å². The van der Waals surface area contributed by atoms with Crippen LogP contribution in [-0.4, -0.2) is 12.1 Å². The maximum Gasteiger partial charge on any atom is 0.125 e. The Morgan fingerprint density at radius 2 is 1.68 bits per heavy atom. The SMILES string of the molecule is Cc1ccc(C)c(OCCC2(N)CCCCC2)c1C. The van der Waals surface area contributed by atoms with Gasteiger partial charge < -0.3 is 10.5 Å². The summed E-state index contributed by atoms with van der Waals surface area (Å²) in [5.41, 5.74) is 10.2. The maximum absolute atomic E-state index is 6.45. The predicted molar refractivity (Wildman–Crippen MR) is 80.8 cm³/mol. The van der Waals surface area contributed by atoms with Crippen LogP contribution in [0.4, 0.5) is 0 Å². The minimum Gasteiger partial charge on any atom is -0.493 e. The van der Waals surface area contributed by atoms with E-state index >= 15 is 0 Å². The van der Waals surface area contributed by atoms with Crippen LogP contribution >= 0.6 is 0 Å². The van der Waals surface area contributed by atoms with E-state index < -0.39 is 0 Å². The second-order valence-electron chi connectivity index (χ2n) is 6.17. The Morgan fingerprint density at radius 3 is 2.37 bits per heavy atom. The van der Waals surface area contributed by atoms with Crippen LogP contribution < -0.4 is 10.5 Å². The largest absolute Gasteiger partial charge is 0.493 e. The second kappa shape index (κ2) is 5.96. The van der Waals surface area contributed by atoms with E-state index in [4.69, 9.17) is 10.5 Å². The van der Waals surface area contributed by atoms with E-state index in [1.165, 1.54) is 36.0 Å². The molecule has 1 aliphatic carbocycles. The fourth-order valence-electron chi connectivity index (χ4n) is 3.01. The van der Waals surface area contributed by atoms with Crippen molar-refractivity contribution in [1.82, 2.24) is 0 Å². The number of hydrogen-bond donors (Lipinski definition) is 1. The summed E-state index contributed by atoms with van der Waals surface area (Å²) in [7, 11) is 0. The monoisotopic (exact) mass is 261 g/mol. The highest BCUT2D eigenvalue weighted by molar-refractivity contribution is 5.44. The molecular weight excluding hydrogens is 234 g/mol. The van der Waals surface area contributed by atoms with Crippen LogP contribution in [-0.2, 0) is 0 Å². The fourth-order valence-corrected chi connectivity index (χ4v) is 3.01. The average molecular weight is 261 g/mol. The first-order valence-electron chi connectivity index (χ1n) is 7.50. The van der Waals surface area contributed by atoms with Crippen LogP contribution in [0.2, 0.25) is 0 Å². The predicted octanol–water partition coefficient (Wildman–Crippen LogP) is 4.04. The molecule has 0 aliphatic heterocycles. The summed E-state index contributed by atoms with van der Waals surface area (Å²) in [4.78, 5) is 0. The van der Waals surface area contributed by atoms with Crippen molar-refractivity contribution < 1.29 is 4.74 Å².